The third kappa shape index (κ3) is 3.00. The Morgan fingerprint density at radius 1 is 0.577 bits per heavy atom. The zero-order chi connectivity index (χ0) is 19.4. The van der Waals surface area contributed by atoms with Gasteiger partial charge in [-0.3, -0.25) is 29.0 Å². The quantitative estimate of drug-likeness (QED) is 0.557. The van der Waals surface area contributed by atoms with Gasteiger partial charge in [0.25, 0.3) is 23.6 Å². The Hall–Kier alpha value is -3.68. The summed E-state index contributed by atoms with van der Waals surface area (Å²) < 4.78 is 0. The summed E-state index contributed by atoms with van der Waals surface area (Å²) in [5.74, 6) is -0.850. The van der Waals surface area contributed by atoms with Crippen LogP contribution in [0.25, 0.3) is 0 Å². The van der Waals surface area contributed by atoms with Crippen molar-refractivity contribution in [3.63, 3.8) is 0 Å². The maximum absolute atomic E-state index is 11.3. The van der Waals surface area contributed by atoms with Crippen molar-refractivity contribution in [3.05, 3.63) is 70.8 Å². The van der Waals surface area contributed by atoms with Crippen LogP contribution in [0.2, 0.25) is 0 Å². The molecule has 0 bridgehead atoms. The van der Waals surface area contributed by atoms with Crippen molar-refractivity contribution in [1.82, 2.24) is 9.80 Å². The Kier molecular flexibility index (Phi) is 5.36. The lowest BCUT2D eigenvalue weighted by atomic mass is 10.1. The van der Waals surface area contributed by atoms with Crippen LogP contribution in [-0.2, 0) is 0 Å². The molecule has 2 N–H and O–H groups in total. The van der Waals surface area contributed by atoms with E-state index in [0.717, 1.165) is 9.80 Å². The molecule has 0 unspecified atom stereocenters. The van der Waals surface area contributed by atoms with Crippen LogP contribution in [0.15, 0.2) is 48.5 Å². The molecule has 4 amide bonds. The van der Waals surface area contributed by atoms with Crippen LogP contribution in [0.1, 0.15) is 42.9 Å². The topological polar surface area (TPSA) is 122 Å². The van der Waals surface area contributed by atoms with Crippen molar-refractivity contribution in [2.24, 2.45) is 0 Å². The van der Waals surface area contributed by atoms with E-state index in [2.05, 4.69) is 0 Å². The summed E-state index contributed by atoms with van der Waals surface area (Å²) in [4.78, 5) is 47.5. The minimum Gasteiger partial charge on any atom is -0.277 e. The molecule has 0 aliphatic carbocycles. The first-order chi connectivity index (χ1) is 12.4. The molecule has 2 aromatic rings. The van der Waals surface area contributed by atoms with Crippen molar-refractivity contribution in [3.8, 4) is 0 Å². The molecule has 134 valence electrons. The maximum atomic E-state index is 11.3. The third-order valence-electron chi connectivity index (χ3n) is 3.99. The van der Waals surface area contributed by atoms with E-state index in [0.29, 0.717) is 22.3 Å². The number of nitrogens with one attached hydrogen (secondary N) is 2. The minimum absolute atomic E-state index is 0. The van der Waals surface area contributed by atoms with Gasteiger partial charge in [0.15, 0.2) is 0 Å². The van der Waals surface area contributed by atoms with Crippen LogP contribution in [-0.4, -0.2) is 47.5 Å². The number of hydrogen-bond acceptors (Lipinski definition) is 6. The number of carbonyl (C=O) groups excluding carboxylic acids is 4. The molecular formula is C18H18N4O4. The fraction of sp³-hybridized carbons (Fsp3) is 0.111. The van der Waals surface area contributed by atoms with Crippen molar-refractivity contribution in [2.75, 3.05) is 14.1 Å². The molecule has 0 aromatic heterocycles. The zero-order valence-corrected chi connectivity index (χ0v) is 14.1. The molecule has 2 heterocycles. The van der Waals surface area contributed by atoms with E-state index >= 15 is 0 Å². The second-order valence-corrected chi connectivity index (χ2v) is 5.43. The van der Waals surface area contributed by atoms with Gasteiger partial charge in [-0.05, 0) is 24.3 Å². The SMILES string of the molecule is CN1C(=O)c2ccccc2C1=O.CN1C(=O)c2ccccc2C1=O.N=N.[HH]. The van der Waals surface area contributed by atoms with E-state index in [-0.39, 0.29) is 25.1 Å². The molecule has 8 heteroatoms. The van der Waals surface area contributed by atoms with E-state index in [4.69, 9.17) is 11.1 Å². The number of benzene rings is 2. The van der Waals surface area contributed by atoms with Gasteiger partial charge in [0, 0.05) is 15.5 Å². The molecule has 0 fully saturated rings. The van der Waals surface area contributed by atoms with Gasteiger partial charge in [-0.25, -0.2) is 11.1 Å². The van der Waals surface area contributed by atoms with Crippen molar-refractivity contribution >= 4 is 23.6 Å². The summed E-state index contributed by atoms with van der Waals surface area (Å²) >= 11 is 0. The molecule has 0 saturated heterocycles. The highest BCUT2D eigenvalue weighted by molar-refractivity contribution is 6.21. The first-order valence-corrected chi connectivity index (χ1v) is 7.51. The van der Waals surface area contributed by atoms with E-state index in [1.807, 2.05) is 0 Å². The molecule has 0 atom stereocenters. The zero-order valence-electron chi connectivity index (χ0n) is 14.1. The monoisotopic (exact) mass is 354 g/mol. The molecule has 0 spiro atoms. The molecule has 8 nitrogen and oxygen atoms in total. The largest absolute Gasteiger partial charge is 0.277 e. The predicted molar refractivity (Wildman–Crippen MR) is 93.3 cm³/mol. The van der Waals surface area contributed by atoms with Crippen LogP contribution >= 0.6 is 0 Å². The number of imide groups is 2. The summed E-state index contributed by atoms with van der Waals surface area (Å²) in [7, 11) is 2.98. The van der Waals surface area contributed by atoms with Crippen LogP contribution in [0.3, 0.4) is 0 Å². The summed E-state index contributed by atoms with van der Waals surface area (Å²) in [5.41, 5.74) is 12.0. The Bertz CT molecular complexity index is 772. The Balaban J connectivity index is 0.000000239. The lowest BCUT2D eigenvalue weighted by Gasteiger charge is -2.02. The van der Waals surface area contributed by atoms with Gasteiger partial charge < -0.3 is 0 Å². The summed E-state index contributed by atoms with van der Waals surface area (Å²) in [6.45, 7) is 0. The molecule has 0 radical (unpaired) electrons. The Labute approximate surface area is 150 Å². The molecular weight excluding hydrogens is 336 g/mol. The highest BCUT2D eigenvalue weighted by Gasteiger charge is 2.32. The van der Waals surface area contributed by atoms with Crippen LogP contribution in [0.5, 0.6) is 0 Å². The first kappa shape index (κ1) is 18.7. The standard InChI is InChI=1S/2C9H7NO2.H2N2.H2/c2*1-10-8(11)6-4-2-3-5-7(6)9(10)12;1-2;/h2*2-5H,1H3;1-2H;1H. The van der Waals surface area contributed by atoms with E-state index in [1.54, 1.807) is 48.5 Å². The maximum Gasteiger partial charge on any atom is 0.261 e. The number of fused-ring (bicyclic) bond motifs is 2. The van der Waals surface area contributed by atoms with Crippen LogP contribution in [0.4, 0.5) is 0 Å². The number of hydrogen-bond donors (Lipinski definition) is 2. The normalized spacial score (nSPS) is 14.2. The first-order valence-electron chi connectivity index (χ1n) is 7.51. The van der Waals surface area contributed by atoms with Gasteiger partial charge in [0.05, 0.1) is 22.3 Å². The van der Waals surface area contributed by atoms with Gasteiger partial charge in [-0.1, -0.05) is 24.3 Å². The second-order valence-electron chi connectivity index (χ2n) is 5.43. The lowest BCUT2D eigenvalue weighted by molar-refractivity contribution is 0.0678. The summed E-state index contributed by atoms with van der Waals surface area (Å²) in [6, 6.07) is 13.7. The Morgan fingerprint density at radius 3 is 0.962 bits per heavy atom. The smallest absolute Gasteiger partial charge is 0.261 e. The molecule has 2 aliphatic rings. The van der Waals surface area contributed by atoms with E-state index in [1.165, 1.54) is 14.1 Å². The lowest BCUT2D eigenvalue weighted by Crippen LogP contribution is -2.24. The number of amides is 4. The Morgan fingerprint density at radius 2 is 0.769 bits per heavy atom. The molecule has 4 rings (SSSR count). The van der Waals surface area contributed by atoms with Gasteiger partial charge >= 0.3 is 0 Å². The molecule has 2 aromatic carbocycles. The van der Waals surface area contributed by atoms with Gasteiger partial charge in [0.2, 0.25) is 0 Å². The number of carbonyl (C=O) groups is 4. The molecule has 26 heavy (non-hydrogen) atoms. The highest BCUT2D eigenvalue weighted by atomic mass is 16.2. The van der Waals surface area contributed by atoms with Gasteiger partial charge in [-0.2, -0.15) is 0 Å². The second kappa shape index (κ2) is 7.47. The van der Waals surface area contributed by atoms with Crippen molar-refractivity contribution in [2.45, 2.75) is 0 Å². The van der Waals surface area contributed by atoms with Gasteiger partial charge in [0.1, 0.15) is 0 Å². The van der Waals surface area contributed by atoms with Gasteiger partial charge in [-0.15, -0.1) is 0 Å². The number of rotatable bonds is 0. The van der Waals surface area contributed by atoms with Crippen molar-refractivity contribution in [1.29, 1.82) is 11.1 Å². The fourth-order valence-corrected chi connectivity index (χ4v) is 2.62. The van der Waals surface area contributed by atoms with Crippen LogP contribution < -0.4 is 0 Å². The fourth-order valence-electron chi connectivity index (χ4n) is 2.62. The predicted octanol–water partition coefficient (Wildman–Crippen LogP) is 2.67. The van der Waals surface area contributed by atoms with E-state index < -0.39 is 0 Å². The minimum atomic E-state index is -0.212. The average Bonchev–Trinajstić information content (AvgIpc) is 3.05. The van der Waals surface area contributed by atoms with Crippen molar-refractivity contribution < 1.29 is 20.6 Å². The summed E-state index contributed by atoms with van der Waals surface area (Å²) in [5, 5.41) is 0. The summed E-state index contributed by atoms with van der Waals surface area (Å²) in [6.07, 6.45) is 0. The van der Waals surface area contributed by atoms with Crippen LogP contribution in [0, 0.1) is 11.1 Å². The molecule has 0 saturated carbocycles. The average molecular weight is 354 g/mol. The van der Waals surface area contributed by atoms with E-state index in [9.17, 15) is 19.2 Å². The highest BCUT2D eigenvalue weighted by Crippen LogP contribution is 2.21. The third-order valence-corrected chi connectivity index (χ3v) is 3.99. The molecule has 2 aliphatic heterocycles. The number of nitrogens with zero attached hydrogens (tertiary/aromatic N) is 2.